The summed E-state index contributed by atoms with van der Waals surface area (Å²) >= 11 is 0. The van der Waals surface area contributed by atoms with Crippen LogP contribution in [0.25, 0.3) is 6.08 Å². The number of hydrogen-bond donors (Lipinski definition) is 0. The van der Waals surface area contributed by atoms with E-state index in [1.54, 1.807) is 7.11 Å². The number of para-hydroxylation sites is 1. The number of likely N-dealkylation sites (tertiary alicyclic amines) is 1. The third-order valence-electron chi connectivity index (χ3n) is 5.43. The zero-order chi connectivity index (χ0) is 17.8. The fraction of sp³-hybridized carbons (Fsp3) is 0.476. The molecule has 5 nitrogen and oxygen atoms in total. The van der Waals surface area contributed by atoms with Crippen LogP contribution in [-0.2, 0) is 17.8 Å². The molecule has 1 spiro atoms. The van der Waals surface area contributed by atoms with Crippen molar-refractivity contribution in [1.29, 1.82) is 0 Å². The summed E-state index contributed by atoms with van der Waals surface area (Å²) in [6.45, 7) is 4.55. The molecule has 2 aliphatic rings. The quantitative estimate of drug-likeness (QED) is 0.826. The fourth-order valence-corrected chi connectivity index (χ4v) is 3.90. The summed E-state index contributed by atoms with van der Waals surface area (Å²) in [4.78, 5) is 7.05. The highest BCUT2D eigenvalue weighted by atomic mass is 16.5. The summed E-state index contributed by atoms with van der Waals surface area (Å²) in [6, 6.07) is 8.30. The van der Waals surface area contributed by atoms with Gasteiger partial charge in [-0.05, 0) is 31.5 Å². The molecule has 0 bridgehead atoms. The molecule has 1 atom stereocenters. The first-order valence-corrected chi connectivity index (χ1v) is 9.47. The Balaban J connectivity index is 1.41. The van der Waals surface area contributed by atoms with Gasteiger partial charge >= 0.3 is 0 Å². The van der Waals surface area contributed by atoms with Gasteiger partial charge in [-0.3, -0.25) is 4.90 Å². The van der Waals surface area contributed by atoms with Crippen LogP contribution in [0.3, 0.4) is 0 Å². The van der Waals surface area contributed by atoms with Gasteiger partial charge in [-0.1, -0.05) is 24.3 Å². The van der Waals surface area contributed by atoms with Crippen LogP contribution in [0.1, 0.15) is 30.7 Å². The van der Waals surface area contributed by atoms with Gasteiger partial charge in [-0.2, -0.15) is 0 Å². The zero-order valence-electron chi connectivity index (χ0n) is 15.4. The highest BCUT2D eigenvalue weighted by molar-refractivity contribution is 5.60. The van der Waals surface area contributed by atoms with E-state index in [9.17, 15) is 0 Å². The van der Waals surface area contributed by atoms with Crippen LogP contribution in [0.2, 0.25) is 0 Å². The molecule has 1 fully saturated rings. The molecule has 0 radical (unpaired) electrons. The summed E-state index contributed by atoms with van der Waals surface area (Å²) in [5.74, 6) is 2.13. The first-order valence-electron chi connectivity index (χ1n) is 9.47. The van der Waals surface area contributed by atoms with E-state index in [0.717, 1.165) is 57.0 Å². The highest BCUT2D eigenvalue weighted by Crippen LogP contribution is 2.37. The van der Waals surface area contributed by atoms with Crippen LogP contribution in [0.15, 0.2) is 42.7 Å². The smallest absolute Gasteiger partial charge is 0.129 e. The molecular formula is C21H27N3O2. The molecule has 1 aromatic carbocycles. The molecular weight excluding hydrogens is 326 g/mol. The van der Waals surface area contributed by atoms with Crippen LogP contribution >= 0.6 is 0 Å². The molecule has 2 aliphatic heterocycles. The first kappa shape index (κ1) is 17.3. The number of benzene rings is 1. The van der Waals surface area contributed by atoms with E-state index in [1.807, 2.05) is 12.4 Å². The largest absolute Gasteiger partial charge is 0.483 e. The fourth-order valence-electron chi connectivity index (χ4n) is 3.90. The predicted octanol–water partition coefficient (Wildman–Crippen LogP) is 3.36. The number of hydrogen-bond acceptors (Lipinski definition) is 4. The summed E-state index contributed by atoms with van der Waals surface area (Å²) in [6.07, 6.45) is 11.6. The number of fused-ring (bicyclic) bond motifs is 1. The summed E-state index contributed by atoms with van der Waals surface area (Å²) in [5.41, 5.74) is 1.02. The first-order chi connectivity index (χ1) is 12.8. The number of imidazole rings is 1. The minimum Gasteiger partial charge on any atom is -0.483 e. The molecule has 138 valence electrons. The normalized spacial score (nSPS) is 22.8. The Kier molecular flexibility index (Phi) is 5.09. The maximum absolute atomic E-state index is 6.45. The van der Waals surface area contributed by atoms with E-state index in [2.05, 4.69) is 50.9 Å². The molecule has 2 aromatic rings. The van der Waals surface area contributed by atoms with Crippen LogP contribution in [0.4, 0.5) is 0 Å². The molecule has 1 saturated heterocycles. The highest BCUT2D eigenvalue weighted by Gasteiger charge is 2.34. The second-order valence-corrected chi connectivity index (χ2v) is 7.20. The van der Waals surface area contributed by atoms with Crippen molar-refractivity contribution in [3.05, 3.63) is 54.1 Å². The molecule has 4 rings (SSSR count). The van der Waals surface area contributed by atoms with Gasteiger partial charge in [-0.25, -0.2) is 4.98 Å². The molecule has 5 heteroatoms. The Morgan fingerprint density at radius 1 is 1.23 bits per heavy atom. The number of rotatable bonds is 5. The third kappa shape index (κ3) is 3.69. The third-order valence-corrected chi connectivity index (χ3v) is 5.43. The van der Waals surface area contributed by atoms with Crippen molar-refractivity contribution >= 4 is 6.08 Å². The lowest BCUT2D eigenvalue weighted by Crippen LogP contribution is -2.37. The molecule has 1 aromatic heterocycles. The Hall–Kier alpha value is -2.11. The summed E-state index contributed by atoms with van der Waals surface area (Å²) < 4.78 is 13.8. The van der Waals surface area contributed by atoms with E-state index < -0.39 is 0 Å². The average Bonchev–Trinajstić information content (AvgIpc) is 3.02. The standard InChI is InChI=1S/C21H27N3O2/c1-25-16-15-24-14-11-22-20(24)17-23-12-4-8-21(10-13-23)9-7-18-5-2-3-6-19(18)26-21/h2-3,5-7,9,11,14H,4,8,10,12-13,15-17H2,1H3/t21-/m0/s1. The van der Waals surface area contributed by atoms with E-state index >= 15 is 0 Å². The molecule has 0 saturated carbocycles. The van der Waals surface area contributed by atoms with Crippen molar-refractivity contribution in [3.63, 3.8) is 0 Å². The Morgan fingerprint density at radius 2 is 2.15 bits per heavy atom. The van der Waals surface area contributed by atoms with E-state index in [4.69, 9.17) is 9.47 Å². The van der Waals surface area contributed by atoms with Crippen molar-refractivity contribution < 1.29 is 9.47 Å². The maximum Gasteiger partial charge on any atom is 0.129 e. The minimum atomic E-state index is -0.158. The lowest BCUT2D eigenvalue weighted by Gasteiger charge is -2.34. The zero-order valence-corrected chi connectivity index (χ0v) is 15.4. The van der Waals surface area contributed by atoms with Crippen LogP contribution in [0.5, 0.6) is 5.75 Å². The van der Waals surface area contributed by atoms with Gasteiger partial charge in [0.1, 0.15) is 17.2 Å². The second kappa shape index (κ2) is 7.64. The van der Waals surface area contributed by atoms with Crippen LogP contribution in [0, 0.1) is 0 Å². The molecule has 0 N–H and O–H groups in total. The van der Waals surface area contributed by atoms with E-state index in [-0.39, 0.29) is 5.60 Å². The lowest BCUT2D eigenvalue weighted by atomic mass is 9.91. The molecule has 0 unspecified atom stereocenters. The van der Waals surface area contributed by atoms with Gasteiger partial charge in [0.2, 0.25) is 0 Å². The van der Waals surface area contributed by atoms with Crippen molar-refractivity contribution in [2.75, 3.05) is 26.8 Å². The Morgan fingerprint density at radius 3 is 3.08 bits per heavy atom. The topological polar surface area (TPSA) is 39.5 Å². The maximum atomic E-state index is 6.45. The predicted molar refractivity (Wildman–Crippen MR) is 102 cm³/mol. The summed E-state index contributed by atoms with van der Waals surface area (Å²) in [5, 5.41) is 0. The monoisotopic (exact) mass is 353 g/mol. The van der Waals surface area contributed by atoms with Crippen molar-refractivity contribution in [2.24, 2.45) is 0 Å². The van der Waals surface area contributed by atoms with Crippen molar-refractivity contribution in [2.45, 2.75) is 38.0 Å². The molecule has 0 aliphatic carbocycles. The van der Waals surface area contributed by atoms with Gasteiger partial charge in [0, 0.05) is 44.6 Å². The molecule has 26 heavy (non-hydrogen) atoms. The van der Waals surface area contributed by atoms with Gasteiger partial charge < -0.3 is 14.0 Å². The number of ether oxygens (including phenoxy) is 2. The summed E-state index contributed by atoms with van der Waals surface area (Å²) in [7, 11) is 1.74. The minimum absolute atomic E-state index is 0.158. The Labute approximate surface area is 155 Å². The van der Waals surface area contributed by atoms with Crippen molar-refractivity contribution in [1.82, 2.24) is 14.5 Å². The SMILES string of the molecule is COCCn1ccnc1CN1CCC[C@]2(C=Cc3ccccc3O2)CC1. The second-order valence-electron chi connectivity index (χ2n) is 7.20. The van der Waals surface area contributed by atoms with E-state index in [0.29, 0.717) is 6.61 Å². The van der Waals surface area contributed by atoms with Gasteiger partial charge in [0.15, 0.2) is 0 Å². The van der Waals surface area contributed by atoms with Gasteiger partial charge in [0.25, 0.3) is 0 Å². The van der Waals surface area contributed by atoms with Gasteiger partial charge in [-0.15, -0.1) is 0 Å². The number of aromatic nitrogens is 2. The van der Waals surface area contributed by atoms with Crippen LogP contribution in [-0.4, -0.2) is 46.9 Å². The van der Waals surface area contributed by atoms with Gasteiger partial charge in [0.05, 0.1) is 13.2 Å². The lowest BCUT2D eigenvalue weighted by molar-refractivity contribution is 0.0988. The molecule has 3 heterocycles. The molecule has 0 amide bonds. The number of methoxy groups -OCH3 is 1. The van der Waals surface area contributed by atoms with Crippen molar-refractivity contribution in [3.8, 4) is 5.75 Å². The van der Waals surface area contributed by atoms with E-state index in [1.165, 1.54) is 5.56 Å². The number of nitrogens with zero attached hydrogens (tertiary/aromatic N) is 3. The average molecular weight is 353 g/mol. The Bertz CT molecular complexity index is 770. The van der Waals surface area contributed by atoms with Crippen LogP contribution < -0.4 is 4.74 Å².